The highest BCUT2D eigenvalue weighted by Crippen LogP contribution is 2.20. The zero-order valence-electron chi connectivity index (χ0n) is 15.2. The van der Waals surface area contributed by atoms with E-state index < -0.39 is 0 Å². The van der Waals surface area contributed by atoms with Crippen LogP contribution in [0.1, 0.15) is 6.92 Å². The summed E-state index contributed by atoms with van der Waals surface area (Å²) in [6, 6.07) is 20.6. The summed E-state index contributed by atoms with van der Waals surface area (Å²) < 4.78 is 5.58. The molecule has 0 spiro atoms. The summed E-state index contributed by atoms with van der Waals surface area (Å²) in [4.78, 5) is 23.1. The summed E-state index contributed by atoms with van der Waals surface area (Å²) >= 11 is 5.00. The van der Waals surface area contributed by atoms with Gasteiger partial charge in [0.05, 0.1) is 0 Å². The molecule has 3 rings (SSSR count). The first-order valence-corrected chi connectivity index (χ1v) is 9.00. The molecule has 0 aliphatic rings. The topological polar surface area (TPSA) is 79.5 Å². The third-order valence-corrected chi connectivity index (χ3v) is 4.01. The number of carbonyl (C=O) groups excluding carboxylic acids is 2. The Kier molecular flexibility index (Phi) is 6.18. The highest BCUT2D eigenvalue weighted by molar-refractivity contribution is 7.80. The molecule has 28 heavy (non-hydrogen) atoms. The average molecular weight is 393 g/mol. The maximum absolute atomic E-state index is 12.1. The second kappa shape index (κ2) is 8.96. The summed E-state index contributed by atoms with van der Waals surface area (Å²) in [5.74, 6) is 0.135. The van der Waals surface area contributed by atoms with Gasteiger partial charge in [0.1, 0.15) is 5.75 Å². The smallest absolute Gasteiger partial charge is 0.262 e. The predicted molar refractivity (Wildman–Crippen MR) is 115 cm³/mol. The number of hydrogen-bond donors (Lipinski definition) is 3. The van der Waals surface area contributed by atoms with Gasteiger partial charge in [0.2, 0.25) is 5.91 Å². The highest BCUT2D eigenvalue weighted by Gasteiger charge is 2.05. The fourth-order valence-corrected chi connectivity index (χ4v) is 2.82. The van der Waals surface area contributed by atoms with Crippen LogP contribution in [0, 0.1) is 0 Å². The standard InChI is InChI=1S/C21H19N3O3S/c1-14(25)22-21(28)24-18-9-7-17(8-10-18)23-20(26)13-27-19-11-6-15-4-2-3-5-16(15)12-19/h2-12H,13H2,1H3,(H,23,26)(H2,22,24,25,28). The molecule has 0 aromatic heterocycles. The van der Waals surface area contributed by atoms with Gasteiger partial charge in [0.25, 0.3) is 5.91 Å². The van der Waals surface area contributed by atoms with Gasteiger partial charge in [-0.25, -0.2) is 0 Å². The molecule has 0 unspecified atom stereocenters. The maximum Gasteiger partial charge on any atom is 0.262 e. The van der Waals surface area contributed by atoms with E-state index in [0.717, 1.165) is 10.8 Å². The Bertz CT molecular complexity index is 1020. The van der Waals surface area contributed by atoms with E-state index in [1.54, 1.807) is 24.3 Å². The SMILES string of the molecule is CC(=O)NC(=S)Nc1ccc(NC(=O)COc2ccc3ccccc3c2)cc1. The molecule has 0 fully saturated rings. The minimum Gasteiger partial charge on any atom is -0.484 e. The molecule has 142 valence electrons. The zero-order chi connectivity index (χ0) is 19.9. The maximum atomic E-state index is 12.1. The Morgan fingerprint density at radius 2 is 1.54 bits per heavy atom. The van der Waals surface area contributed by atoms with Gasteiger partial charge >= 0.3 is 0 Å². The third-order valence-electron chi connectivity index (χ3n) is 3.81. The number of ether oxygens (including phenoxy) is 1. The quantitative estimate of drug-likeness (QED) is 0.576. The van der Waals surface area contributed by atoms with E-state index in [9.17, 15) is 9.59 Å². The van der Waals surface area contributed by atoms with Crippen LogP contribution in [0.15, 0.2) is 66.7 Å². The van der Waals surface area contributed by atoms with Crippen molar-refractivity contribution < 1.29 is 14.3 Å². The number of amides is 2. The van der Waals surface area contributed by atoms with Crippen molar-refractivity contribution in [3.05, 3.63) is 66.7 Å². The molecular weight excluding hydrogens is 374 g/mol. The Morgan fingerprint density at radius 1 is 0.893 bits per heavy atom. The van der Waals surface area contributed by atoms with E-state index in [1.165, 1.54) is 6.92 Å². The van der Waals surface area contributed by atoms with Crippen LogP contribution in [0.25, 0.3) is 10.8 Å². The third kappa shape index (κ3) is 5.52. The van der Waals surface area contributed by atoms with Crippen LogP contribution in [-0.2, 0) is 9.59 Å². The highest BCUT2D eigenvalue weighted by atomic mass is 32.1. The first-order valence-electron chi connectivity index (χ1n) is 8.60. The number of rotatable bonds is 5. The van der Waals surface area contributed by atoms with E-state index in [1.807, 2.05) is 42.5 Å². The summed E-state index contributed by atoms with van der Waals surface area (Å²) in [6.07, 6.45) is 0. The number of benzene rings is 3. The van der Waals surface area contributed by atoms with Crippen molar-refractivity contribution in [2.24, 2.45) is 0 Å². The molecule has 2 amide bonds. The minimum absolute atomic E-state index is 0.0923. The summed E-state index contributed by atoms with van der Waals surface area (Å²) in [5, 5.41) is 10.5. The number of nitrogens with one attached hydrogen (secondary N) is 3. The summed E-state index contributed by atoms with van der Waals surface area (Å²) in [7, 11) is 0. The van der Waals surface area contributed by atoms with Crippen LogP contribution < -0.4 is 20.7 Å². The molecule has 0 heterocycles. The Labute approximate surface area is 167 Å². The van der Waals surface area contributed by atoms with Gasteiger partial charge < -0.3 is 20.7 Å². The molecule has 3 aromatic rings. The monoisotopic (exact) mass is 393 g/mol. The molecule has 7 heteroatoms. The van der Waals surface area contributed by atoms with Crippen molar-refractivity contribution in [3.63, 3.8) is 0 Å². The lowest BCUT2D eigenvalue weighted by atomic mass is 10.1. The predicted octanol–water partition coefficient (Wildman–Crippen LogP) is 3.69. The molecule has 0 aliphatic heterocycles. The van der Waals surface area contributed by atoms with E-state index in [2.05, 4.69) is 16.0 Å². The van der Waals surface area contributed by atoms with E-state index >= 15 is 0 Å². The number of hydrogen-bond acceptors (Lipinski definition) is 4. The van der Waals surface area contributed by atoms with Gasteiger partial charge in [0.15, 0.2) is 11.7 Å². The van der Waals surface area contributed by atoms with Gasteiger partial charge in [-0.1, -0.05) is 30.3 Å². The zero-order valence-corrected chi connectivity index (χ0v) is 16.0. The van der Waals surface area contributed by atoms with Crippen LogP contribution in [0.2, 0.25) is 0 Å². The average Bonchev–Trinajstić information content (AvgIpc) is 2.67. The van der Waals surface area contributed by atoms with Crippen molar-refractivity contribution in [2.75, 3.05) is 17.2 Å². The second-order valence-electron chi connectivity index (χ2n) is 6.06. The second-order valence-corrected chi connectivity index (χ2v) is 6.47. The first kappa shape index (κ1) is 19.3. The molecule has 0 saturated heterocycles. The molecule has 0 atom stereocenters. The lowest BCUT2D eigenvalue weighted by Gasteiger charge is -2.10. The first-order chi connectivity index (χ1) is 13.5. The van der Waals surface area contributed by atoms with Gasteiger partial charge in [0, 0.05) is 18.3 Å². The van der Waals surface area contributed by atoms with Crippen LogP contribution in [0.4, 0.5) is 11.4 Å². The molecule has 0 saturated carbocycles. The lowest BCUT2D eigenvalue weighted by Crippen LogP contribution is -2.32. The van der Waals surface area contributed by atoms with Crippen LogP contribution in [-0.4, -0.2) is 23.5 Å². The molecule has 6 nitrogen and oxygen atoms in total. The fraction of sp³-hybridized carbons (Fsp3) is 0.0952. The lowest BCUT2D eigenvalue weighted by molar-refractivity contribution is -0.118. The molecule has 0 radical (unpaired) electrons. The largest absolute Gasteiger partial charge is 0.484 e. The van der Waals surface area contributed by atoms with Gasteiger partial charge in [-0.15, -0.1) is 0 Å². The van der Waals surface area contributed by atoms with Crippen LogP contribution in [0.5, 0.6) is 5.75 Å². The van der Waals surface area contributed by atoms with Crippen molar-refractivity contribution in [2.45, 2.75) is 6.92 Å². The normalized spacial score (nSPS) is 10.2. The van der Waals surface area contributed by atoms with Gasteiger partial charge in [-0.2, -0.15) is 0 Å². The van der Waals surface area contributed by atoms with Crippen LogP contribution >= 0.6 is 12.2 Å². The number of carbonyl (C=O) groups is 2. The number of thiocarbonyl (C=S) groups is 1. The van der Waals surface area contributed by atoms with Crippen molar-refractivity contribution in [1.82, 2.24) is 5.32 Å². The Balaban J connectivity index is 1.51. The van der Waals surface area contributed by atoms with Crippen molar-refractivity contribution in [1.29, 1.82) is 0 Å². The fourth-order valence-electron chi connectivity index (χ4n) is 2.56. The van der Waals surface area contributed by atoms with Crippen molar-refractivity contribution >= 4 is 51.3 Å². The van der Waals surface area contributed by atoms with Crippen LogP contribution in [0.3, 0.4) is 0 Å². The Morgan fingerprint density at radius 3 is 2.21 bits per heavy atom. The molecule has 0 bridgehead atoms. The Hall–Kier alpha value is -3.45. The van der Waals surface area contributed by atoms with E-state index in [-0.39, 0.29) is 23.5 Å². The van der Waals surface area contributed by atoms with Gasteiger partial charge in [-0.05, 0) is 59.4 Å². The van der Waals surface area contributed by atoms with Gasteiger partial charge in [-0.3, -0.25) is 9.59 Å². The summed E-state index contributed by atoms with van der Waals surface area (Å²) in [6.45, 7) is 1.29. The van der Waals surface area contributed by atoms with E-state index in [4.69, 9.17) is 17.0 Å². The molecule has 0 aliphatic carbocycles. The minimum atomic E-state index is -0.261. The number of anilines is 2. The molecule has 3 aromatic carbocycles. The molecule has 3 N–H and O–H groups in total. The number of fused-ring (bicyclic) bond motifs is 1. The van der Waals surface area contributed by atoms with Crippen molar-refractivity contribution in [3.8, 4) is 5.75 Å². The summed E-state index contributed by atoms with van der Waals surface area (Å²) in [5.41, 5.74) is 1.33. The molecular formula is C21H19N3O3S. The van der Waals surface area contributed by atoms with E-state index in [0.29, 0.717) is 17.1 Å².